The molecule has 22 heavy (non-hydrogen) atoms. The van der Waals surface area contributed by atoms with Crippen molar-refractivity contribution in [2.24, 2.45) is 0 Å². The van der Waals surface area contributed by atoms with E-state index >= 15 is 0 Å². The van der Waals surface area contributed by atoms with Gasteiger partial charge in [0.15, 0.2) is 0 Å². The van der Waals surface area contributed by atoms with Crippen molar-refractivity contribution in [3.8, 4) is 0 Å². The first-order valence-electron chi connectivity index (χ1n) is 6.30. The van der Waals surface area contributed by atoms with E-state index < -0.39 is 10.0 Å². The molecule has 1 aromatic carbocycles. The van der Waals surface area contributed by atoms with E-state index in [2.05, 4.69) is 15.1 Å². The third kappa shape index (κ3) is 3.48. The van der Waals surface area contributed by atoms with Crippen molar-refractivity contribution in [3.05, 3.63) is 54.4 Å². The average Bonchev–Trinajstić information content (AvgIpc) is 2.55. The number of aromatic nitrogens is 1. The summed E-state index contributed by atoms with van der Waals surface area (Å²) in [7, 11) is -1.14. The summed E-state index contributed by atoms with van der Waals surface area (Å²) in [6.07, 6.45) is 1.52. The number of rotatable bonds is 5. The van der Waals surface area contributed by atoms with Gasteiger partial charge in [0, 0.05) is 18.9 Å². The Kier molecular flexibility index (Phi) is 4.86. The van der Waals surface area contributed by atoms with Crippen LogP contribution in [0.4, 0.5) is 5.69 Å². The van der Waals surface area contributed by atoms with Gasteiger partial charge in [0.1, 0.15) is 5.69 Å². The van der Waals surface area contributed by atoms with Gasteiger partial charge in [-0.2, -0.15) is 0 Å². The maximum absolute atomic E-state index is 12.0. The number of nitrogens with one attached hydrogen (secondary N) is 1. The second kappa shape index (κ2) is 6.65. The monoisotopic (exact) mass is 321 g/mol. The van der Waals surface area contributed by atoms with Crippen LogP contribution in [0, 0.1) is 0 Å². The summed E-state index contributed by atoms with van der Waals surface area (Å²) in [5.41, 5.74) is 0.744. The van der Waals surface area contributed by atoms with Gasteiger partial charge in [0.2, 0.25) is 0 Å². The highest BCUT2D eigenvalue weighted by Gasteiger charge is 2.20. The SMILES string of the molecule is CON(C)S(=O)(=O)c1ccc(NC(=O)c2ccccn2)cc1. The molecule has 0 saturated carbocycles. The zero-order valence-corrected chi connectivity index (χ0v) is 12.9. The fourth-order valence-corrected chi connectivity index (χ4v) is 2.62. The predicted molar refractivity (Wildman–Crippen MR) is 80.6 cm³/mol. The van der Waals surface area contributed by atoms with Crippen LogP contribution in [0.1, 0.15) is 10.5 Å². The van der Waals surface area contributed by atoms with Crippen LogP contribution in [0.5, 0.6) is 0 Å². The number of benzene rings is 1. The Hall–Kier alpha value is -2.29. The molecule has 0 aliphatic carbocycles. The molecule has 1 heterocycles. The molecule has 2 aromatic rings. The summed E-state index contributed by atoms with van der Waals surface area (Å²) in [4.78, 5) is 20.6. The van der Waals surface area contributed by atoms with E-state index in [0.717, 1.165) is 4.47 Å². The number of hydrogen-bond acceptors (Lipinski definition) is 5. The van der Waals surface area contributed by atoms with E-state index in [4.69, 9.17) is 0 Å². The smallest absolute Gasteiger partial charge is 0.274 e. The minimum absolute atomic E-state index is 0.0627. The molecule has 0 unspecified atom stereocenters. The highest BCUT2D eigenvalue weighted by atomic mass is 32.2. The molecular formula is C14H15N3O4S. The number of hydrogen-bond donors (Lipinski definition) is 1. The number of nitrogens with zero attached hydrogens (tertiary/aromatic N) is 2. The number of amides is 1. The van der Waals surface area contributed by atoms with Crippen molar-refractivity contribution in [2.75, 3.05) is 19.5 Å². The molecule has 0 spiro atoms. The molecule has 2 rings (SSSR count). The molecule has 0 fully saturated rings. The van der Waals surface area contributed by atoms with E-state index in [1.807, 2.05) is 0 Å². The Morgan fingerprint density at radius 2 is 1.86 bits per heavy atom. The third-order valence-corrected chi connectivity index (χ3v) is 4.60. The lowest BCUT2D eigenvalue weighted by molar-refractivity contribution is -0.0258. The third-order valence-electron chi connectivity index (χ3n) is 2.90. The van der Waals surface area contributed by atoms with Crippen LogP contribution in [0.25, 0.3) is 0 Å². The average molecular weight is 321 g/mol. The van der Waals surface area contributed by atoms with Crippen LogP contribution >= 0.6 is 0 Å². The molecule has 8 heteroatoms. The van der Waals surface area contributed by atoms with E-state index in [-0.39, 0.29) is 16.5 Å². The molecular weight excluding hydrogens is 306 g/mol. The summed E-state index contributed by atoms with van der Waals surface area (Å²) in [5.74, 6) is -0.370. The molecule has 0 aliphatic rings. The maximum Gasteiger partial charge on any atom is 0.274 e. The van der Waals surface area contributed by atoms with Gasteiger partial charge in [0.25, 0.3) is 15.9 Å². The summed E-state index contributed by atoms with van der Waals surface area (Å²) in [5, 5.41) is 2.64. The van der Waals surface area contributed by atoms with Gasteiger partial charge in [-0.05, 0) is 36.4 Å². The largest absolute Gasteiger partial charge is 0.321 e. The van der Waals surface area contributed by atoms with Gasteiger partial charge in [-0.1, -0.05) is 10.5 Å². The lowest BCUT2D eigenvalue weighted by atomic mass is 10.3. The van der Waals surface area contributed by atoms with Crippen molar-refractivity contribution in [1.29, 1.82) is 0 Å². The number of hydroxylamine groups is 1. The molecule has 0 aliphatic heterocycles. The molecule has 1 N–H and O–H groups in total. The van der Waals surface area contributed by atoms with Gasteiger partial charge in [0.05, 0.1) is 12.0 Å². The number of carbonyl (C=O) groups excluding carboxylic acids is 1. The number of pyridine rings is 1. The molecule has 0 radical (unpaired) electrons. The van der Waals surface area contributed by atoms with Crippen molar-refractivity contribution in [3.63, 3.8) is 0 Å². The van der Waals surface area contributed by atoms with Gasteiger partial charge in [-0.3, -0.25) is 14.6 Å². The normalized spacial score (nSPS) is 11.4. The fraction of sp³-hybridized carbons (Fsp3) is 0.143. The van der Waals surface area contributed by atoms with Crippen molar-refractivity contribution in [2.45, 2.75) is 4.90 Å². The zero-order chi connectivity index (χ0) is 16.2. The zero-order valence-electron chi connectivity index (χ0n) is 12.1. The number of sulfonamides is 1. The number of anilines is 1. The van der Waals surface area contributed by atoms with Gasteiger partial charge >= 0.3 is 0 Å². The predicted octanol–water partition coefficient (Wildman–Crippen LogP) is 1.52. The van der Waals surface area contributed by atoms with E-state index in [1.165, 1.54) is 44.6 Å². The summed E-state index contributed by atoms with van der Waals surface area (Å²) < 4.78 is 24.8. The fourth-order valence-electron chi connectivity index (χ4n) is 1.65. The first kappa shape index (κ1) is 16.1. The first-order valence-corrected chi connectivity index (χ1v) is 7.74. The van der Waals surface area contributed by atoms with E-state index in [0.29, 0.717) is 5.69 Å². The Morgan fingerprint density at radius 3 is 2.41 bits per heavy atom. The second-order valence-corrected chi connectivity index (χ2v) is 6.23. The van der Waals surface area contributed by atoms with Gasteiger partial charge < -0.3 is 5.32 Å². The lowest BCUT2D eigenvalue weighted by Crippen LogP contribution is -2.25. The topological polar surface area (TPSA) is 88.6 Å². The molecule has 0 saturated heterocycles. The van der Waals surface area contributed by atoms with Crippen LogP contribution in [-0.2, 0) is 14.9 Å². The Bertz CT molecular complexity index is 745. The second-order valence-electron chi connectivity index (χ2n) is 4.29. The van der Waals surface area contributed by atoms with Crippen LogP contribution in [0.3, 0.4) is 0 Å². The molecule has 1 aromatic heterocycles. The van der Waals surface area contributed by atoms with Crippen LogP contribution in [-0.4, -0.2) is 37.9 Å². The highest BCUT2D eigenvalue weighted by molar-refractivity contribution is 7.89. The first-order chi connectivity index (χ1) is 10.4. The van der Waals surface area contributed by atoms with Crippen LogP contribution in [0.15, 0.2) is 53.6 Å². The Labute approximate surface area is 128 Å². The van der Waals surface area contributed by atoms with Crippen molar-refractivity contribution >= 4 is 21.6 Å². The molecule has 116 valence electrons. The lowest BCUT2D eigenvalue weighted by Gasteiger charge is -2.14. The summed E-state index contributed by atoms with van der Waals surface area (Å²) >= 11 is 0. The van der Waals surface area contributed by atoms with Crippen molar-refractivity contribution in [1.82, 2.24) is 9.45 Å². The van der Waals surface area contributed by atoms with Crippen LogP contribution < -0.4 is 5.32 Å². The molecule has 0 bridgehead atoms. The van der Waals surface area contributed by atoms with Crippen LogP contribution in [0.2, 0.25) is 0 Å². The summed E-state index contributed by atoms with van der Waals surface area (Å²) in [6, 6.07) is 10.8. The van der Waals surface area contributed by atoms with Gasteiger partial charge in [-0.15, -0.1) is 0 Å². The minimum Gasteiger partial charge on any atom is -0.321 e. The van der Waals surface area contributed by atoms with E-state index in [1.54, 1.807) is 18.2 Å². The highest BCUT2D eigenvalue weighted by Crippen LogP contribution is 2.17. The minimum atomic E-state index is -3.70. The standard InChI is InChI=1S/C14H15N3O4S/c1-17(21-2)22(19,20)12-8-6-11(7-9-12)16-14(18)13-5-3-4-10-15-13/h3-10H,1-2H3,(H,16,18). The molecule has 0 atom stereocenters. The maximum atomic E-state index is 12.0. The molecule has 1 amide bonds. The Morgan fingerprint density at radius 1 is 1.18 bits per heavy atom. The summed E-state index contributed by atoms with van der Waals surface area (Å²) in [6.45, 7) is 0. The number of carbonyl (C=O) groups is 1. The van der Waals surface area contributed by atoms with Crippen molar-refractivity contribution < 1.29 is 18.0 Å². The quantitative estimate of drug-likeness (QED) is 0.843. The molecule has 7 nitrogen and oxygen atoms in total. The Balaban J connectivity index is 2.15. The van der Waals surface area contributed by atoms with E-state index in [9.17, 15) is 13.2 Å². The van der Waals surface area contributed by atoms with Gasteiger partial charge in [-0.25, -0.2) is 8.42 Å².